The minimum absolute atomic E-state index is 0.0425. The average Bonchev–Trinajstić information content (AvgIpc) is 3.24. The summed E-state index contributed by atoms with van der Waals surface area (Å²) >= 11 is 0. The molecule has 1 aromatic carbocycles. The Morgan fingerprint density at radius 3 is 2.68 bits per heavy atom. The summed E-state index contributed by atoms with van der Waals surface area (Å²) in [6.45, 7) is 5.53. The van der Waals surface area contributed by atoms with Crippen LogP contribution in [0.3, 0.4) is 0 Å². The van der Waals surface area contributed by atoms with Crippen molar-refractivity contribution >= 4 is 5.91 Å². The Labute approximate surface area is 133 Å². The summed E-state index contributed by atoms with van der Waals surface area (Å²) < 4.78 is 0. The van der Waals surface area contributed by atoms with Crippen LogP contribution in [0.5, 0.6) is 0 Å². The molecule has 3 N–H and O–H groups in total. The smallest absolute Gasteiger partial charge is 0.225 e. The van der Waals surface area contributed by atoms with E-state index in [1.807, 2.05) is 11.8 Å². The number of amides is 1. The number of carbonyl (C=O) groups is 1. The molecule has 1 atom stereocenters. The number of benzene rings is 1. The van der Waals surface area contributed by atoms with Crippen LogP contribution in [-0.2, 0) is 17.6 Å². The van der Waals surface area contributed by atoms with Crippen molar-refractivity contribution in [1.29, 1.82) is 0 Å². The summed E-state index contributed by atoms with van der Waals surface area (Å²) in [5.41, 5.74) is 8.80. The number of hydrogen-bond acceptors (Lipinski definition) is 3. The molecule has 1 aliphatic heterocycles. The minimum Gasteiger partial charge on any atom is -0.340 e. The van der Waals surface area contributed by atoms with E-state index in [2.05, 4.69) is 29.6 Å². The second kappa shape index (κ2) is 6.39. The van der Waals surface area contributed by atoms with Gasteiger partial charge in [-0.3, -0.25) is 4.79 Å². The van der Waals surface area contributed by atoms with Gasteiger partial charge in [-0.15, -0.1) is 0 Å². The molecular formula is C18H27N3O. The lowest BCUT2D eigenvalue weighted by Crippen LogP contribution is -2.48. The Hall–Kier alpha value is -1.39. The first kappa shape index (κ1) is 15.5. The van der Waals surface area contributed by atoms with E-state index < -0.39 is 0 Å². The SMILES string of the molecule is CC(Cc1cccc(CC2(N)CC2)c1)C(=O)N1CCNCC1. The van der Waals surface area contributed by atoms with Gasteiger partial charge in [0.2, 0.25) is 5.91 Å². The van der Waals surface area contributed by atoms with Crippen LogP contribution < -0.4 is 11.1 Å². The van der Waals surface area contributed by atoms with E-state index >= 15 is 0 Å². The molecule has 22 heavy (non-hydrogen) atoms. The molecule has 120 valence electrons. The summed E-state index contributed by atoms with van der Waals surface area (Å²) in [5.74, 6) is 0.325. The third-order valence-electron chi connectivity index (χ3n) is 4.83. The molecule has 1 unspecified atom stereocenters. The Balaban J connectivity index is 1.59. The van der Waals surface area contributed by atoms with Gasteiger partial charge >= 0.3 is 0 Å². The highest BCUT2D eigenvalue weighted by atomic mass is 16.2. The van der Waals surface area contributed by atoms with Crippen molar-refractivity contribution in [1.82, 2.24) is 10.2 Å². The number of nitrogens with two attached hydrogens (primary N) is 1. The van der Waals surface area contributed by atoms with E-state index in [9.17, 15) is 4.79 Å². The number of nitrogens with one attached hydrogen (secondary N) is 1. The first-order valence-electron chi connectivity index (χ1n) is 8.42. The Morgan fingerprint density at radius 2 is 2.00 bits per heavy atom. The highest BCUT2D eigenvalue weighted by Gasteiger charge is 2.37. The molecule has 0 aromatic heterocycles. The van der Waals surface area contributed by atoms with E-state index in [-0.39, 0.29) is 17.4 Å². The van der Waals surface area contributed by atoms with Crippen molar-refractivity contribution in [2.24, 2.45) is 11.7 Å². The molecule has 1 heterocycles. The van der Waals surface area contributed by atoms with Gasteiger partial charge in [0, 0.05) is 37.6 Å². The fraction of sp³-hybridized carbons (Fsp3) is 0.611. The Kier molecular flexibility index (Phi) is 4.50. The third kappa shape index (κ3) is 3.87. The zero-order valence-electron chi connectivity index (χ0n) is 13.5. The van der Waals surface area contributed by atoms with Crippen LogP contribution in [0.1, 0.15) is 30.9 Å². The Morgan fingerprint density at radius 1 is 1.32 bits per heavy atom. The van der Waals surface area contributed by atoms with Gasteiger partial charge in [-0.05, 0) is 36.8 Å². The normalized spacial score (nSPS) is 21.5. The summed E-state index contributed by atoms with van der Waals surface area (Å²) in [6, 6.07) is 8.60. The molecule has 1 amide bonds. The summed E-state index contributed by atoms with van der Waals surface area (Å²) in [6.07, 6.45) is 4.04. The van der Waals surface area contributed by atoms with Crippen LogP contribution in [0.2, 0.25) is 0 Å². The molecule has 4 nitrogen and oxygen atoms in total. The monoisotopic (exact) mass is 301 g/mol. The van der Waals surface area contributed by atoms with Gasteiger partial charge in [0.1, 0.15) is 0 Å². The van der Waals surface area contributed by atoms with Crippen LogP contribution >= 0.6 is 0 Å². The van der Waals surface area contributed by atoms with Crippen LogP contribution in [-0.4, -0.2) is 42.5 Å². The highest BCUT2D eigenvalue weighted by molar-refractivity contribution is 5.79. The molecule has 0 spiro atoms. The van der Waals surface area contributed by atoms with Gasteiger partial charge in [-0.1, -0.05) is 31.2 Å². The van der Waals surface area contributed by atoms with Crippen molar-refractivity contribution in [2.45, 2.75) is 38.1 Å². The molecule has 3 rings (SSSR count). The zero-order valence-corrected chi connectivity index (χ0v) is 13.5. The number of nitrogens with zero attached hydrogens (tertiary/aromatic N) is 1. The van der Waals surface area contributed by atoms with Crippen LogP contribution in [0, 0.1) is 5.92 Å². The highest BCUT2D eigenvalue weighted by Crippen LogP contribution is 2.35. The standard InChI is InChI=1S/C18H27N3O/c1-14(17(22)21-9-7-20-8-10-21)11-15-3-2-4-16(12-15)13-18(19)5-6-18/h2-4,12,14,20H,5-11,13,19H2,1H3. The maximum absolute atomic E-state index is 12.5. The van der Waals surface area contributed by atoms with Gasteiger partial charge in [0.15, 0.2) is 0 Å². The van der Waals surface area contributed by atoms with E-state index in [1.54, 1.807) is 0 Å². The maximum Gasteiger partial charge on any atom is 0.225 e. The first-order valence-corrected chi connectivity index (χ1v) is 8.42. The molecule has 0 radical (unpaired) electrons. The first-order chi connectivity index (χ1) is 10.6. The predicted molar refractivity (Wildman–Crippen MR) is 88.6 cm³/mol. The van der Waals surface area contributed by atoms with Crippen molar-refractivity contribution < 1.29 is 4.79 Å². The second-order valence-electron chi connectivity index (χ2n) is 7.04. The zero-order chi connectivity index (χ0) is 15.6. The van der Waals surface area contributed by atoms with Crippen LogP contribution in [0.15, 0.2) is 24.3 Å². The third-order valence-corrected chi connectivity index (χ3v) is 4.83. The van der Waals surface area contributed by atoms with Crippen molar-refractivity contribution in [3.63, 3.8) is 0 Å². The maximum atomic E-state index is 12.5. The van der Waals surface area contributed by atoms with Crippen LogP contribution in [0.4, 0.5) is 0 Å². The second-order valence-corrected chi connectivity index (χ2v) is 7.04. The molecular weight excluding hydrogens is 274 g/mol. The van der Waals surface area contributed by atoms with E-state index in [1.165, 1.54) is 11.1 Å². The number of piperazine rings is 1. The fourth-order valence-electron chi connectivity index (χ4n) is 3.25. The quantitative estimate of drug-likeness (QED) is 0.862. The largest absolute Gasteiger partial charge is 0.340 e. The summed E-state index contributed by atoms with van der Waals surface area (Å²) in [7, 11) is 0. The minimum atomic E-state index is 0.0425. The topological polar surface area (TPSA) is 58.4 Å². The molecule has 1 aliphatic carbocycles. The fourth-order valence-corrected chi connectivity index (χ4v) is 3.25. The summed E-state index contributed by atoms with van der Waals surface area (Å²) in [5, 5.41) is 3.29. The van der Waals surface area contributed by atoms with E-state index in [0.29, 0.717) is 0 Å². The van der Waals surface area contributed by atoms with Crippen LogP contribution in [0.25, 0.3) is 0 Å². The number of rotatable bonds is 5. The predicted octanol–water partition coefficient (Wildman–Crippen LogP) is 1.33. The molecule has 2 fully saturated rings. The molecule has 0 bridgehead atoms. The van der Waals surface area contributed by atoms with Crippen molar-refractivity contribution in [3.8, 4) is 0 Å². The van der Waals surface area contributed by atoms with E-state index in [4.69, 9.17) is 5.73 Å². The van der Waals surface area contributed by atoms with E-state index in [0.717, 1.165) is 51.9 Å². The van der Waals surface area contributed by atoms with Gasteiger partial charge in [-0.25, -0.2) is 0 Å². The number of carbonyl (C=O) groups excluding carboxylic acids is 1. The molecule has 4 heteroatoms. The average molecular weight is 301 g/mol. The Bertz CT molecular complexity index is 533. The molecule has 2 aliphatic rings. The molecule has 1 saturated carbocycles. The molecule has 1 saturated heterocycles. The summed E-state index contributed by atoms with van der Waals surface area (Å²) in [4.78, 5) is 14.5. The number of hydrogen-bond donors (Lipinski definition) is 2. The molecule has 1 aromatic rings. The lowest BCUT2D eigenvalue weighted by Gasteiger charge is -2.29. The van der Waals surface area contributed by atoms with Gasteiger partial charge in [0.05, 0.1) is 0 Å². The van der Waals surface area contributed by atoms with Gasteiger partial charge < -0.3 is 16.0 Å². The van der Waals surface area contributed by atoms with Gasteiger partial charge in [0.25, 0.3) is 0 Å². The lowest BCUT2D eigenvalue weighted by atomic mass is 9.96. The lowest BCUT2D eigenvalue weighted by molar-refractivity contribution is -0.135. The van der Waals surface area contributed by atoms with Crippen molar-refractivity contribution in [2.75, 3.05) is 26.2 Å². The van der Waals surface area contributed by atoms with Gasteiger partial charge in [-0.2, -0.15) is 0 Å². The van der Waals surface area contributed by atoms with Crippen molar-refractivity contribution in [3.05, 3.63) is 35.4 Å².